The van der Waals surface area contributed by atoms with E-state index < -0.39 is 0 Å². The van der Waals surface area contributed by atoms with Gasteiger partial charge in [-0.05, 0) is 128 Å². The van der Waals surface area contributed by atoms with Crippen LogP contribution in [0.3, 0.4) is 0 Å². The van der Waals surface area contributed by atoms with Crippen LogP contribution in [0, 0.1) is 29.4 Å². The van der Waals surface area contributed by atoms with Crippen molar-refractivity contribution in [3.63, 3.8) is 0 Å². The number of hydrogen-bond donors (Lipinski definition) is 0. The zero-order valence-electron chi connectivity index (χ0n) is 25.2. The summed E-state index contributed by atoms with van der Waals surface area (Å²) in [6.07, 6.45) is 23.6. The van der Waals surface area contributed by atoms with Crippen LogP contribution >= 0.6 is 0 Å². The first-order valence-corrected chi connectivity index (χ1v) is 16.8. The molecular weight excluding hydrogens is 494 g/mol. The molecule has 0 nitrogen and oxygen atoms in total. The molecule has 2 saturated carbocycles. The van der Waals surface area contributed by atoms with Crippen LogP contribution in [0.4, 0.5) is 8.78 Å². The molecule has 5 rings (SSSR count). The minimum absolute atomic E-state index is 0.0556. The fourth-order valence-corrected chi connectivity index (χ4v) is 8.26. The molecule has 218 valence electrons. The Balaban J connectivity index is 1.10. The van der Waals surface area contributed by atoms with Crippen molar-refractivity contribution in [2.45, 2.75) is 135 Å². The molecule has 1 atom stereocenters. The maximum Gasteiger partial charge on any atom is 0.130 e. The predicted octanol–water partition coefficient (Wildman–Crippen LogP) is 11.9. The predicted molar refractivity (Wildman–Crippen MR) is 166 cm³/mol. The van der Waals surface area contributed by atoms with Gasteiger partial charge in [0, 0.05) is 5.56 Å². The van der Waals surface area contributed by atoms with Crippen LogP contribution in [0.25, 0.3) is 5.57 Å². The van der Waals surface area contributed by atoms with Crippen LogP contribution in [-0.4, -0.2) is 0 Å². The van der Waals surface area contributed by atoms with Crippen molar-refractivity contribution >= 4 is 5.57 Å². The van der Waals surface area contributed by atoms with Crippen molar-refractivity contribution in [2.24, 2.45) is 17.8 Å². The zero-order valence-corrected chi connectivity index (χ0v) is 25.2. The minimum Gasteiger partial charge on any atom is -0.207 e. The summed E-state index contributed by atoms with van der Waals surface area (Å²) in [5, 5.41) is 0. The second-order valence-corrected chi connectivity index (χ2v) is 13.4. The van der Waals surface area contributed by atoms with Gasteiger partial charge in [0.05, 0.1) is 0 Å². The van der Waals surface area contributed by atoms with E-state index >= 15 is 4.39 Å². The summed E-state index contributed by atoms with van der Waals surface area (Å²) in [5.41, 5.74) is 4.95. The third-order valence-electron chi connectivity index (χ3n) is 10.9. The monoisotopic (exact) mass is 546 g/mol. The average Bonchev–Trinajstić information content (AvgIpc) is 3.00. The molecule has 0 N–H and O–H groups in total. The van der Waals surface area contributed by atoms with Crippen LogP contribution in [0.1, 0.15) is 151 Å². The van der Waals surface area contributed by atoms with Crippen molar-refractivity contribution < 1.29 is 8.78 Å². The van der Waals surface area contributed by atoms with Crippen LogP contribution in [0.15, 0.2) is 42.5 Å². The average molecular weight is 547 g/mol. The molecular formula is C38H52F2. The van der Waals surface area contributed by atoms with E-state index in [-0.39, 0.29) is 11.6 Å². The number of halogens is 2. The molecule has 0 aromatic heterocycles. The summed E-state index contributed by atoms with van der Waals surface area (Å²) in [6.45, 7) is 4.29. The molecule has 0 aliphatic heterocycles. The summed E-state index contributed by atoms with van der Waals surface area (Å²) in [7, 11) is 0. The Labute approximate surface area is 243 Å². The quantitative estimate of drug-likeness (QED) is 0.260. The van der Waals surface area contributed by atoms with Gasteiger partial charge in [-0.25, -0.2) is 8.78 Å². The Morgan fingerprint density at radius 2 is 1.35 bits per heavy atom. The van der Waals surface area contributed by atoms with E-state index in [9.17, 15) is 4.39 Å². The summed E-state index contributed by atoms with van der Waals surface area (Å²) in [5.74, 6) is 3.52. The van der Waals surface area contributed by atoms with Gasteiger partial charge < -0.3 is 0 Å². The highest BCUT2D eigenvalue weighted by molar-refractivity contribution is 5.67. The normalized spacial score (nSPS) is 27.4. The highest BCUT2D eigenvalue weighted by Gasteiger charge is 2.31. The van der Waals surface area contributed by atoms with Gasteiger partial charge in [-0.3, -0.25) is 0 Å². The third kappa shape index (κ3) is 7.27. The van der Waals surface area contributed by atoms with Crippen LogP contribution in [0.5, 0.6) is 0 Å². The Hall–Kier alpha value is -1.96. The molecule has 2 heteroatoms. The van der Waals surface area contributed by atoms with Gasteiger partial charge in [-0.15, -0.1) is 0 Å². The van der Waals surface area contributed by atoms with Crippen molar-refractivity contribution in [3.05, 3.63) is 76.4 Å². The second-order valence-electron chi connectivity index (χ2n) is 13.4. The van der Waals surface area contributed by atoms with E-state index in [0.717, 1.165) is 65.7 Å². The fourth-order valence-electron chi connectivity index (χ4n) is 8.26. The van der Waals surface area contributed by atoms with E-state index in [1.807, 2.05) is 25.1 Å². The zero-order chi connectivity index (χ0) is 27.9. The lowest BCUT2D eigenvalue weighted by molar-refractivity contribution is 0.155. The van der Waals surface area contributed by atoms with Gasteiger partial charge in [0.1, 0.15) is 11.6 Å². The minimum atomic E-state index is -0.0917. The molecule has 2 aromatic carbocycles. The summed E-state index contributed by atoms with van der Waals surface area (Å²) in [4.78, 5) is 0. The topological polar surface area (TPSA) is 0 Å². The number of benzene rings is 2. The number of aryl methyl sites for hydroxylation is 1. The SMILES string of the molecule is CCCCCCC1CCC(C2CCC(c3ccc(C4=CCC(c5ccc(CC)c(F)c5)CC4)c(F)c3)CC2)CC1. The highest BCUT2D eigenvalue weighted by Crippen LogP contribution is 2.45. The van der Waals surface area contributed by atoms with Crippen molar-refractivity contribution in [1.82, 2.24) is 0 Å². The Kier molecular flexibility index (Phi) is 10.5. The van der Waals surface area contributed by atoms with Crippen LogP contribution in [0.2, 0.25) is 0 Å². The molecule has 2 aromatic rings. The molecule has 0 bridgehead atoms. The van der Waals surface area contributed by atoms with Crippen LogP contribution < -0.4 is 0 Å². The first-order valence-electron chi connectivity index (χ1n) is 16.8. The number of rotatable bonds is 10. The standard InChI is InChI=1S/C38H52F2/c1-3-5-6-7-8-27-9-11-29(12-10-27)30-14-16-31(17-15-30)35-23-24-36(38(40)26-35)33-20-18-32(19-21-33)34-22-13-28(4-2)37(39)25-34/h13,20,22-27,29-32H,3-12,14-19,21H2,1-2H3. The molecule has 3 aliphatic carbocycles. The van der Waals surface area contributed by atoms with E-state index in [1.165, 1.54) is 89.0 Å². The summed E-state index contributed by atoms with van der Waals surface area (Å²) < 4.78 is 29.7. The van der Waals surface area contributed by atoms with Gasteiger partial charge >= 0.3 is 0 Å². The van der Waals surface area contributed by atoms with Gasteiger partial charge in [-0.1, -0.05) is 89.1 Å². The Bertz CT molecular complexity index is 1110. The van der Waals surface area contributed by atoms with Crippen molar-refractivity contribution in [2.75, 3.05) is 0 Å². The second kappa shape index (κ2) is 14.3. The maximum absolute atomic E-state index is 15.4. The maximum atomic E-state index is 15.4. The molecule has 0 saturated heterocycles. The smallest absolute Gasteiger partial charge is 0.130 e. The molecule has 1 unspecified atom stereocenters. The lowest BCUT2D eigenvalue weighted by atomic mass is 9.68. The van der Waals surface area contributed by atoms with Crippen molar-refractivity contribution in [3.8, 4) is 0 Å². The molecule has 0 spiro atoms. The lowest BCUT2D eigenvalue weighted by Crippen LogP contribution is -2.25. The van der Waals surface area contributed by atoms with E-state index in [1.54, 1.807) is 6.07 Å². The van der Waals surface area contributed by atoms with Crippen LogP contribution in [-0.2, 0) is 6.42 Å². The molecule has 2 fully saturated rings. The molecule has 3 aliphatic rings. The Morgan fingerprint density at radius 3 is 1.98 bits per heavy atom. The molecule has 0 amide bonds. The van der Waals surface area contributed by atoms with Gasteiger partial charge in [0.2, 0.25) is 0 Å². The van der Waals surface area contributed by atoms with Gasteiger partial charge in [-0.2, -0.15) is 0 Å². The lowest BCUT2D eigenvalue weighted by Gasteiger charge is -2.38. The van der Waals surface area contributed by atoms with E-state index in [2.05, 4.69) is 25.1 Å². The molecule has 40 heavy (non-hydrogen) atoms. The van der Waals surface area contributed by atoms with E-state index in [0.29, 0.717) is 11.8 Å². The largest absolute Gasteiger partial charge is 0.207 e. The third-order valence-corrected chi connectivity index (χ3v) is 10.9. The summed E-state index contributed by atoms with van der Waals surface area (Å²) >= 11 is 0. The van der Waals surface area contributed by atoms with Gasteiger partial charge in [0.15, 0.2) is 0 Å². The summed E-state index contributed by atoms with van der Waals surface area (Å²) in [6, 6.07) is 11.8. The first-order chi connectivity index (χ1) is 19.6. The molecule has 0 heterocycles. The van der Waals surface area contributed by atoms with E-state index in [4.69, 9.17) is 0 Å². The number of allylic oxidation sites excluding steroid dienone is 2. The Morgan fingerprint density at radius 1 is 0.675 bits per heavy atom. The van der Waals surface area contributed by atoms with Gasteiger partial charge in [0.25, 0.3) is 0 Å². The fraction of sp³-hybridized carbons (Fsp3) is 0.632. The molecule has 0 radical (unpaired) electrons. The number of hydrogen-bond acceptors (Lipinski definition) is 0. The number of unbranched alkanes of at least 4 members (excludes halogenated alkanes) is 3. The van der Waals surface area contributed by atoms with Crippen molar-refractivity contribution in [1.29, 1.82) is 0 Å². The first kappa shape index (κ1) is 29.5. The highest BCUT2D eigenvalue weighted by atomic mass is 19.1.